The average Bonchev–Trinajstić information content (AvgIpc) is 3.26. The third-order valence-corrected chi connectivity index (χ3v) is 11.8. The summed E-state index contributed by atoms with van der Waals surface area (Å²) in [5, 5.41) is 5.47. The molecular formula is C31H22BrP. The van der Waals surface area contributed by atoms with Gasteiger partial charge in [-0.15, -0.1) is 0 Å². The van der Waals surface area contributed by atoms with Crippen LogP contribution >= 0.6 is 22.8 Å². The van der Waals surface area contributed by atoms with Crippen LogP contribution in [0.5, 0.6) is 0 Å². The van der Waals surface area contributed by atoms with Gasteiger partial charge in [0.2, 0.25) is 0 Å². The molecule has 0 aliphatic heterocycles. The van der Waals surface area contributed by atoms with Crippen LogP contribution in [-0.2, 0) is 0 Å². The largest absolute Gasteiger partial charge is 0.0622 e. The van der Waals surface area contributed by atoms with Gasteiger partial charge in [-0.3, -0.25) is 0 Å². The van der Waals surface area contributed by atoms with Crippen molar-refractivity contribution in [2.45, 2.75) is 0 Å². The average molecular weight is 505 g/mol. The molecule has 4 aromatic rings. The number of allylic oxidation sites excluding steroid dienone is 5. The standard InChI is InChI=1S/C31H22BrP/c32-30-21-20-28-27-19-11-10-12-23(27)22-29(28)31(30)33(24-13-4-1-5-14-24,25-15-6-2-7-16-25)26-17-8-3-9-18-26/h1-22H. The normalized spacial score (nSPS) is 14.7. The Morgan fingerprint density at radius 2 is 0.970 bits per heavy atom. The summed E-state index contributed by atoms with van der Waals surface area (Å²) in [5.74, 6) is 0. The Labute approximate surface area is 203 Å². The molecule has 0 amide bonds. The zero-order chi connectivity index (χ0) is 22.3. The molecule has 0 spiro atoms. The summed E-state index contributed by atoms with van der Waals surface area (Å²) in [4.78, 5) is 0. The van der Waals surface area contributed by atoms with E-state index in [0.717, 1.165) is 4.48 Å². The molecule has 0 fully saturated rings. The van der Waals surface area contributed by atoms with Crippen molar-refractivity contribution >= 4 is 55.7 Å². The molecule has 0 radical (unpaired) electrons. The fourth-order valence-electron chi connectivity index (χ4n) is 5.12. The van der Waals surface area contributed by atoms with Gasteiger partial charge in [0.25, 0.3) is 0 Å². The Hall–Kier alpha value is -3.12. The molecule has 0 saturated heterocycles. The van der Waals surface area contributed by atoms with Gasteiger partial charge in [0, 0.05) is 9.78 Å². The van der Waals surface area contributed by atoms with Crippen LogP contribution in [0.2, 0.25) is 0 Å². The van der Waals surface area contributed by atoms with E-state index >= 15 is 0 Å². The fourth-order valence-corrected chi connectivity index (χ4v) is 10.7. The molecule has 0 aromatic heterocycles. The summed E-state index contributed by atoms with van der Waals surface area (Å²) < 4.78 is 1.16. The van der Waals surface area contributed by atoms with Crippen LogP contribution in [0.1, 0.15) is 11.1 Å². The molecule has 4 aromatic carbocycles. The van der Waals surface area contributed by atoms with Gasteiger partial charge in [0.15, 0.2) is 0 Å². The van der Waals surface area contributed by atoms with Gasteiger partial charge in [0.1, 0.15) is 0 Å². The summed E-state index contributed by atoms with van der Waals surface area (Å²) in [5.41, 5.74) is 5.25. The predicted molar refractivity (Wildman–Crippen MR) is 150 cm³/mol. The Kier molecular flexibility index (Phi) is 5.18. The van der Waals surface area contributed by atoms with E-state index < -0.39 is 6.89 Å². The summed E-state index contributed by atoms with van der Waals surface area (Å²) >= 11 is 4.03. The summed E-state index contributed by atoms with van der Waals surface area (Å²) in [6.45, 7) is -2.19. The summed E-state index contributed by atoms with van der Waals surface area (Å²) in [6, 6.07) is 41.9. The van der Waals surface area contributed by atoms with Gasteiger partial charge >= 0.3 is 0 Å². The van der Waals surface area contributed by atoms with Crippen LogP contribution in [0, 0.1) is 0 Å². The number of fused-ring (bicyclic) bond motifs is 3. The van der Waals surface area contributed by atoms with Crippen molar-refractivity contribution in [2.24, 2.45) is 0 Å². The topological polar surface area (TPSA) is 0 Å². The maximum absolute atomic E-state index is 4.03. The monoisotopic (exact) mass is 504 g/mol. The molecule has 0 unspecified atom stereocenters. The predicted octanol–water partition coefficient (Wildman–Crippen LogP) is 6.93. The number of rotatable bonds is 3. The highest BCUT2D eigenvalue weighted by Crippen LogP contribution is 2.54. The third kappa shape index (κ3) is 3.19. The van der Waals surface area contributed by atoms with E-state index in [-0.39, 0.29) is 0 Å². The molecule has 0 saturated carbocycles. The summed E-state index contributed by atoms with van der Waals surface area (Å²) in [6.07, 6.45) is 6.89. The molecular weight excluding hydrogens is 483 g/mol. The van der Waals surface area contributed by atoms with E-state index in [1.807, 2.05) is 0 Å². The fraction of sp³-hybridized carbons (Fsp3) is 0. The number of hydrogen-bond acceptors (Lipinski definition) is 0. The molecule has 2 heteroatoms. The first-order valence-corrected chi connectivity index (χ1v) is 13.7. The smallest absolute Gasteiger partial charge is 0.0264 e. The van der Waals surface area contributed by atoms with Crippen molar-refractivity contribution in [1.82, 2.24) is 0 Å². The van der Waals surface area contributed by atoms with E-state index in [1.54, 1.807) is 0 Å². The maximum Gasteiger partial charge on any atom is 0.0264 e. The van der Waals surface area contributed by atoms with Crippen LogP contribution in [0.25, 0.3) is 11.6 Å². The Balaban J connectivity index is 1.84. The second kappa shape index (κ2) is 8.34. The van der Waals surface area contributed by atoms with Crippen molar-refractivity contribution < 1.29 is 0 Å². The molecule has 0 bridgehead atoms. The first-order valence-electron chi connectivity index (χ1n) is 11.1. The highest BCUT2D eigenvalue weighted by molar-refractivity contribution is 9.12. The first kappa shape index (κ1) is 20.5. The highest BCUT2D eigenvalue weighted by Gasteiger charge is 2.36. The lowest BCUT2D eigenvalue weighted by molar-refractivity contribution is 1.61. The third-order valence-electron chi connectivity index (χ3n) is 6.48. The van der Waals surface area contributed by atoms with Gasteiger partial charge in [-0.05, 0) is 57.2 Å². The van der Waals surface area contributed by atoms with E-state index in [2.05, 4.69) is 149 Å². The van der Waals surface area contributed by atoms with Crippen molar-refractivity contribution in [2.75, 3.05) is 0 Å². The van der Waals surface area contributed by atoms with Crippen molar-refractivity contribution in [1.29, 1.82) is 0 Å². The van der Waals surface area contributed by atoms with Gasteiger partial charge in [-0.1, -0.05) is 137 Å². The van der Waals surface area contributed by atoms with Crippen LogP contribution in [0.3, 0.4) is 0 Å². The van der Waals surface area contributed by atoms with E-state index in [1.165, 1.54) is 43.5 Å². The lowest BCUT2D eigenvalue weighted by Gasteiger charge is -2.35. The zero-order valence-electron chi connectivity index (χ0n) is 18.0. The van der Waals surface area contributed by atoms with Gasteiger partial charge < -0.3 is 0 Å². The molecule has 0 atom stereocenters. The molecule has 6 rings (SSSR count). The van der Waals surface area contributed by atoms with Crippen molar-refractivity contribution in [3.63, 3.8) is 0 Å². The van der Waals surface area contributed by atoms with Crippen LogP contribution < -0.4 is 15.9 Å². The zero-order valence-corrected chi connectivity index (χ0v) is 20.5. The van der Waals surface area contributed by atoms with E-state index in [0.29, 0.717) is 0 Å². The number of hydrogen-bond donors (Lipinski definition) is 0. The minimum Gasteiger partial charge on any atom is -0.0622 e. The van der Waals surface area contributed by atoms with Gasteiger partial charge in [0.05, 0.1) is 0 Å². The molecule has 0 N–H and O–H groups in total. The van der Waals surface area contributed by atoms with E-state index in [4.69, 9.17) is 0 Å². The first-order chi connectivity index (χ1) is 16.3. The minimum absolute atomic E-state index is 1.16. The Morgan fingerprint density at radius 3 is 1.52 bits per heavy atom. The van der Waals surface area contributed by atoms with Crippen molar-refractivity contribution in [3.8, 4) is 0 Å². The Bertz CT molecular complexity index is 1390. The number of benzene rings is 4. The molecule has 33 heavy (non-hydrogen) atoms. The maximum atomic E-state index is 4.03. The van der Waals surface area contributed by atoms with Gasteiger partial charge in [-0.25, -0.2) is 0 Å². The lowest BCUT2D eigenvalue weighted by Crippen LogP contribution is -2.31. The molecule has 0 nitrogen and oxygen atoms in total. The van der Waals surface area contributed by atoms with E-state index in [9.17, 15) is 0 Å². The SMILES string of the molecule is BrC1=CC=C2C(=Cc3ccccc32)C1=P(c1ccccc1)(c1ccccc1)c1ccccc1. The lowest BCUT2D eigenvalue weighted by atomic mass is 9.97. The minimum atomic E-state index is -2.19. The van der Waals surface area contributed by atoms with Crippen molar-refractivity contribution in [3.05, 3.63) is 149 Å². The molecule has 2 aliphatic rings. The van der Waals surface area contributed by atoms with Gasteiger partial charge in [-0.2, -0.15) is 0 Å². The van der Waals surface area contributed by atoms with Crippen LogP contribution in [-0.4, -0.2) is 5.29 Å². The molecule has 2 aliphatic carbocycles. The quantitative estimate of drug-likeness (QED) is 0.265. The van der Waals surface area contributed by atoms with Crippen LogP contribution in [0.15, 0.2) is 137 Å². The molecule has 0 heterocycles. The highest BCUT2D eigenvalue weighted by atomic mass is 79.9. The number of halogens is 1. The van der Waals surface area contributed by atoms with Crippen LogP contribution in [0.4, 0.5) is 0 Å². The summed E-state index contributed by atoms with van der Waals surface area (Å²) in [7, 11) is 0. The second-order valence-corrected chi connectivity index (χ2v) is 12.5. The molecule has 158 valence electrons. The Morgan fingerprint density at radius 1 is 0.485 bits per heavy atom. The second-order valence-electron chi connectivity index (χ2n) is 8.27.